The molecule has 2 aliphatic heterocycles. The molecule has 0 saturated carbocycles. The molecule has 0 aliphatic carbocycles. The molecule has 0 radical (unpaired) electrons. The van der Waals surface area contributed by atoms with Gasteiger partial charge in [0.1, 0.15) is 5.52 Å². The summed E-state index contributed by atoms with van der Waals surface area (Å²) >= 11 is 0. The predicted molar refractivity (Wildman–Crippen MR) is 126 cm³/mol. The van der Waals surface area contributed by atoms with Gasteiger partial charge >= 0.3 is 0 Å². The zero-order chi connectivity index (χ0) is 23.1. The number of anilines is 2. The van der Waals surface area contributed by atoms with Gasteiger partial charge in [0.2, 0.25) is 17.7 Å². The summed E-state index contributed by atoms with van der Waals surface area (Å²) in [7, 11) is 0. The molecule has 2 aromatic heterocycles. The Bertz CT molecular complexity index is 1310. The average Bonchev–Trinajstić information content (AvgIpc) is 3.45. The van der Waals surface area contributed by atoms with Gasteiger partial charge in [-0.2, -0.15) is 0 Å². The molecule has 4 aromatic rings. The van der Waals surface area contributed by atoms with Crippen LogP contribution in [0.5, 0.6) is 0 Å². The van der Waals surface area contributed by atoms with Crippen LogP contribution in [0.2, 0.25) is 0 Å². The molecule has 2 aromatic carbocycles. The Hall–Kier alpha value is -4.11. The highest BCUT2D eigenvalue weighted by molar-refractivity contribution is 6.22. The van der Waals surface area contributed by atoms with Gasteiger partial charge in [-0.25, -0.2) is 19.9 Å². The van der Waals surface area contributed by atoms with Gasteiger partial charge in [0.05, 0.1) is 18.2 Å². The number of rotatable bonds is 4. The van der Waals surface area contributed by atoms with Gasteiger partial charge in [0.25, 0.3) is 5.91 Å². The van der Waals surface area contributed by atoms with Crippen molar-refractivity contribution in [2.75, 3.05) is 36.0 Å². The number of carbonyl (C=O) groups excluding carboxylic acids is 2. The van der Waals surface area contributed by atoms with Crippen LogP contribution in [0.1, 0.15) is 6.42 Å². The van der Waals surface area contributed by atoms with Crippen LogP contribution in [0.25, 0.3) is 22.6 Å². The molecule has 2 fully saturated rings. The van der Waals surface area contributed by atoms with Crippen molar-refractivity contribution in [1.29, 1.82) is 0 Å². The van der Waals surface area contributed by atoms with E-state index in [2.05, 4.69) is 24.8 Å². The summed E-state index contributed by atoms with van der Waals surface area (Å²) in [6, 6.07) is 16.1. The Balaban J connectivity index is 1.15. The number of piperazine rings is 1. The maximum atomic E-state index is 13.2. The van der Waals surface area contributed by atoms with Crippen LogP contribution < -0.4 is 9.80 Å². The summed E-state index contributed by atoms with van der Waals surface area (Å²) in [5.74, 6) is 0.837. The van der Waals surface area contributed by atoms with Crippen molar-refractivity contribution in [2.45, 2.75) is 12.5 Å². The number of aromatic nitrogens is 3. The average molecular weight is 454 g/mol. The van der Waals surface area contributed by atoms with Crippen LogP contribution in [-0.2, 0) is 9.59 Å². The number of oxazole rings is 1. The Morgan fingerprint density at radius 2 is 1.59 bits per heavy atom. The number of carbonyl (C=O) groups is 2. The third kappa shape index (κ3) is 3.60. The number of imide groups is 1. The summed E-state index contributed by atoms with van der Waals surface area (Å²) in [5, 5.41) is 0. The lowest BCUT2D eigenvalue weighted by molar-refractivity contribution is -0.123. The molecule has 2 saturated heterocycles. The largest absolute Gasteiger partial charge is 0.436 e. The van der Waals surface area contributed by atoms with Crippen LogP contribution in [0.4, 0.5) is 11.6 Å². The van der Waals surface area contributed by atoms with E-state index in [9.17, 15) is 9.59 Å². The first kappa shape index (κ1) is 20.5. The van der Waals surface area contributed by atoms with E-state index in [-0.39, 0.29) is 18.2 Å². The van der Waals surface area contributed by atoms with Gasteiger partial charge in [-0.1, -0.05) is 12.1 Å². The van der Waals surface area contributed by atoms with Crippen molar-refractivity contribution in [3.8, 4) is 11.5 Å². The van der Waals surface area contributed by atoms with Gasteiger partial charge in [-0.3, -0.25) is 14.5 Å². The van der Waals surface area contributed by atoms with E-state index >= 15 is 0 Å². The van der Waals surface area contributed by atoms with E-state index in [0.717, 1.165) is 11.1 Å². The second-order valence-electron chi connectivity index (χ2n) is 8.39. The molecule has 0 spiro atoms. The standard InChI is InChI=1S/C25H22N6O3/c32-22-16-20(29-12-14-30(15-13-29)25-26-10-3-11-27-25)24(33)31(22)18-8-6-17(7-9-18)23-28-19-4-1-2-5-21(19)34-23/h1-11,20H,12-16H2/t20-/m1/s1. The Morgan fingerprint density at radius 1 is 0.853 bits per heavy atom. The second-order valence-corrected chi connectivity index (χ2v) is 8.39. The Morgan fingerprint density at radius 3 is 2.32 bits per heavy atom. The maximum absolute atomic E-state index is 13.2. The quantitative estimate of drug-likeness (QED) is 0.435. The zero-order valence-corrected chi connectivity index (χ0v) is 18.4. The highest BCUT2D eigenvalue weighted by Crippen LogP contribution is 2.30. The SMILES string of the molecule is O=C1C[C@@H](N2CCN(c3ncccn3)CC2)C(=O)N1c1ccc(-c2nc3ccccc3o2)cc1. The third-order valence-electron chi connectivity index (χ3n) is 6.38. The lowest BCUT2D eigenvalue weighted by Crippen LogP contribution is -2.53. The van der Waals surface area contributed by atoms with Crippen LogP contribution in [0.3, 0.4) is 0 Å². The molecular formula is C25H22N6O3. The highest BCUT2D eigenvalue weighted by atomic mass is 16.3. The number of amides is 2. The van der Waals surface area contributed by atoms with Gasteiger partial charge in [0, 0.05) is 44.1 Å². The first-order chi connectivity index (χ1) is 16.7. The summed E-state index contributed by atoms with van der Waals surface area (Å²) in [6.45, 7) is 2.77. The summed E-state index contributed by atoms with van der Waals surface area (Å²) in [5.41, 5.74) is 2.85. The van der Waals surface area contributed by atoms with E-state index in [1.165, 1.54) is 4.90 Å². The number of fused-ring (bicyclic) bond motifs is 1. The number of hydrogen-bond acceptors (Lipinski definition) is 8. The first-order valence-corrected chi connectivity index (χ1v) is 11.3. The van der Waals surface area contributed by atoms with Crippen molar-refractivity contribution in [3.63, 3.8) is 0 Å². The van der Waals surface area contributed by atoms with Crippen LogP contribution in [-0.4, -0.2) is 63.9 Å². The maximum Gasteiger partial charge on any atom is 0.251 e. The first-order valence-electron chi connectivity index (χ1n) is 11.3. The molecule has 170 valence electrons. The van der Waals surface area contributed by atoms with Crippen LogP contribution in [0.15, 0.2) is 71.4 Å². The molecule has 4 heterocycles. The Kier molecular flexibility index (Phi) is 5.03. The van der Waals surface area contributed by atoms with E-state index in [1.54, 1.807) is 30.6 Å². The molecule has 1 atom stereocenters. The fourth-order valence-electron chi connectivity index (χ4n) is 4.61. The number of hydrogen-bond donors (Lipinski definition) is 0. The Labute approximate surface area is 195 Å². The lowest BCUT2D eigenvalue weighted by atomic mass is 10.1. The molecule has 2 aliphatic rings. The fraction of sp³-hybridized carbons (Fsp3) is 0.240. The molecule has 0 bridgehead atoms. The van der Waals surface area contributed by atoms with Gasteiger partial charge in [0.15, 0.2) is 5.58 Å². The summed E-state index contributed by atoms with van der Waals surface area (Å²) < 4.78 is 5.82. The molecule has 9 heteroatoms. The molecule has 0 N–H and O–H groups in total. The lowest BCUT2D eigenvalue weighted by Gasteiger charge is -2.36. The van der Waals surface area contributed by atoms with Crippen molar-refractivity contribution in [1.82, 2.24) is 19.9 Å². The number of benzene rings is 2. The van der Waals surface area contributed by atoms with Crippen molar-refractivity contribution in [2.24, 2.45) is 0 Å². The number of nitrogens with zero attached hydrogens (tertiary/aromatic N) is 6. The smallest absolute Gasteiger partial charge is 0.251 e. The third-order valence-corrected chi connectivity index (χ3v) is 6.38. The van der Waals surface area contributed by atoms with Crippen molar-refractivity contribution < 1.29 is 14.0 Å². The topological polar surface area (TPSA) is 95.7 Å². The molecule has 9 nitrogen and oxygen atoms in total. The molecule has 6 rings (SSSR count). The zero-order valence-electron chi connectivity index (χ0n) is 18.4. The number of para-hydroxylation sites is 2. The van der Waals surface area contributed by atoms with E-state index in [4.69, 9.17) is 4.42 Å². The van der Waals surface area contributed by atoms with Crippen LogP contribution >= 0.6 is 0 Å². The summed E-state index contributed by atoms with van der Waals surface area (Å²) in [4.78, 5) is 44.6. The minimum absolute atomic E-state index is 0.177. The monoisotopic (exact) mass is 454 g/mol. The fourth-order valence-corrected chi connectivity index (χ4v) is 4.61. The predicted octanol–water partition coefficient (Wildman–Crippen LogP) is 2.74. The summed E-state index contributed by atoms with van der Waals surface area (Å²) in [6.07, 6.45) is 3.64. The van der Waals surface area contributed by atoms with E-state index in [0.29, 0.717) is 49.3 Å². The second kappa shape index (κ2) is 8.35. The molecular weight excluding hydrogens is 432 g/mol. The molecule has 2 amide bonds. The van der Waals surface area contributed by atoms with Gasteiger partial charge < -0.3 is 9.32 Å². The molecule has 34 heavy (non-hydrogen) atoms. The van der Waals surface area contributed by atoms with Crippen molar-refractivity contribution in [3.05, 3.63) is 67.0 Å². The van der Waals surface area contributed by atoms with Gasteiger partial charge in [-0.05, 0) is 42.5 Å². The van der Waals surface area contributed by atoms with Gasteiger partial charge in [-0.15, -0.1) is 0 Å². The van der Waals surface area contributed by atoms with E-state index in [1.807, 2.05) is 36.4 Å². The normalized spacial score (nSPS) is 19.4. The molecule has 0 unspecified atom stereocenters. The van der Waals surface area contributed by atoms with Crippen molar-refractivity contribution >= 4 is 34.5 Å². The van der Waals surface area contributed by atoms with E-state index < -0.39 is 6.04 Å². The minimum atomic E-state index is -0.442. The van der Waals surface area contributed by atoms with Crippen LogP contribution in [0, 0.1) is 0 Å². The highest BCUT2D eigenvalue weighted by Gasteiger charge is 2.43. The minimum Gasteiger partial charge on any atom is -0.436 e.